The molecule has 118 valence electrons. The first-order valence-electron chi connectivity index (χ1n) is 7.47. The third kappa shape index (κ3) is 3.04. The number of nitrogens with one attached hydrogen (secondary N) is 3. The topological polar surface area (TPSA) is 77.8 Å². The van der Waals surface area contributed by atoms with Gasteiger partial charge in [-0.15, -0.1) is 0 Å². The Kier molecular flexibility index (Phi) is 3.56. The molecule has 23 heavy (non-hydrogen) atoms. The number of carbonyl (C=O) groups excluding carboxylic acids is 1. The van der Waals surface area contributed by atoms with E-state index in [9.17, 15) is 9.59 Å². The highest BCUT2D eigenvalue weighted by Crippen LogP contribution is 2.22. The van der Waals surface area contributed by atoms with E-state index in [1.165, 1.54) is 5.56 Å². The van der Waals surface area contributed by atoms with Gasteiger partial charge < -0.3 is 5.32 Å². The standard InChI is InChI=1S/C18H19N3O2/c1-18(2,3)12-6-4-11(5-7-12)16(22)19-13-8-9-15-14(10-13)17(23)21-20-15/h4-10H,1-3H3,(H,19,22)(H2,20,21,23). The smallest absolute Gasteiger partial charge is 0.271 e. The Morgan fingerprint density at radius 2 is 1.70 bits per heavy atom. The predicted molar refractivity (Wildman–Crippen MR) is 92.0 cm³/mol. The molecule has 0 bridgehead atoms. The van der Waals surface area contributed by atoms with Gasteiger partial charge in [0.1, 0.15) is 0 Å². The number of fused-ring (bicyclic) bond motifs is 1. The molecule has 0 aliphatic rings. The first kappa shape index (κ1) is 15.1. The SMILES string of the molecule is CC(C)(C)c1ccc(C(=O)Nc2ccc3[nH][nH]c(=O)c3c2)cc1. The fourth-order valence-electron chi connectivity index (χ4n) is 2.44. The quantitative estimate of drug-likeness (QED) is 0.678. The van der Waals surface area contributed by atoms with E-state index < -0.39 is 0 Å². The third-order valence-electron chi connectivity index (χ3n) is 3.85. The van der Waals surface area contributed by atoms with Crippen LogP contribution in [0.15, 0.2) is 47.3 Å². The lowest BCUT2D eigenvalue weighted by Crippen LogP contribution is -2.14. The van der Waals surface area contributed by atoms with Gasteiger partial charge in [-0.05, 0) is 41.3 Å². The summed E-state index contributed by atoms with van der Waals surface area (Å²) in [6, 6.07) is 12.7. The van der Waals surface area contributed by atoms with E-state index in [2.05, 4.69) is 36.3 Å². The normalized spacial score (nSPS) is 11.6. The molecule has 5 nitrogen and oxygen atoms in total. The zero-order valence-corrected chi connectivity index (χ0v) is 13.4. The molecular weight excluding hydrogens is 290 g/mol. The van der Waals surface area contributed by atoms with Crippen LogP contribution in [0, 0.1) is 0 Å². The highest BCUT2D eigenvalue weighted by molar-refractivity contribution is 6.05. The lowest BCUT2D eigenvalue weighted by molar-refractivity contribution is 0.102. The predicted octanol–water partition coefficient (Wildman–Crippen LogP) is 3.41. The summed E-state index contributed by atoms with van der Waals surface area (Å²) in [5.74, 6) is -0.197. The number of hydrogen-bond donors (Lipinski definition) is 3. The second-order valence-corrected chi connectivity index (χ2v) is 6.62. The maximum absolute atomic E-state index is 12.3. The summed E-state index contributed by atoms with van der Waals surface area (Å²) >= 11 is 0. The summed E-state index contributed by atoms with van der Waals surface area (Å²) in [6.45, 7) is 6.39. The molecule has 3 aromatic rings. The van der Waals surface area contributed by atoms with Crippen LogP contribution in [0.3, 0.4) is 0 Å². The van der Waals surface area contributed by atoms with Gasteiger partial charge in [0.25, 0.3) is 11.5 Å². The van der Waals surface area contributed by atoms with Gasteiger partial charge in [0, 0.05) is 11.3 Å². The van der Waals surface area contributed by atoms with Gasteiger partial charge in [-0.1, -0.05) is 32.9 Å². The van der Waals surface area contributed by atoms with Crippen LogP contribution in [0.5, 0.6) is 0 Å². The zero-order chi connectivity index (χ0) is 16.6. The molecule has 5 heteroatoms. The number of benzene rings is 2. The number of aromatic amines is 2. The van der Waals surface area contributed by atoms with E-state index in [1.54, 1.807) is 18.2 Å². The molecule has 1 amide bonds. The molecule has 0 atom stereocenters. The van der Waals surface area contributed by atoms with Crippen molar-refractivity contribution in [2.75, 3.05) is 5.32 Å². The van der Waals surface area contributed by atoms with Crippen LogP contribution in [0.2, 0.25) is 0 Å². The number of rotatable bonds is 2. The maximum atomic E-state index is 12.3. The van der Waals surface area contributed by atoms with Crippen molar-refractivity contribution in [3.8, 4) is 0 Å². The van der Waals surface area contributed by atoms with E-state index in [4.69, 9.17) is 0 Å². The maximum Gasteiger partial charge on any atom is 0.271 e. The molecule has 0 fully saturated rings. The van der Waals surface area contributed by atoms with Crippen molar-refractivity contribution < 1.29 is 4.79 Å². The van der Waals surface area contributed by atoms with Crippen LogP contribution in [0.4, 0.5) is 5.69 Å². The molecule has 0 saturated heterocycles. The van der Waals surface area contributed by atoms with E-state index in [1.807, 2.05) is 24.3 Å². The number of anilines is 1. The van der Waals surface area contributed by atoms with E-state index in [-0.39, 0.29) is 16.9 Å². The lowest BCUT2D eigenvalue weighted by atomic mass is 9.87. The van der Waals surface area contributed by atoms with Crippen molar-refractivity contribution in [3.05, 3.63) is 63.9 Å². The highest BCUT2D eigenvalue weighted by atomic mass is 16.1. The molecule has 0 aliphatic carbocycles. The average molecular weight is 309 g/mol. The van der Waals surface area contributed by atoms with Crippen LogP contribution in [0.1, 0.15) is 36.7 Å². The minimum absolute atomic E-state index is 0.0509. The summed E-state index contributed by atoms with van der Waals surface area (Å²) in [7, 11) is 0. The fraction of sp³-hybridized carbons (Fsp3) is 0.222. The molecule has 0 unspecified atom stereocenters. The number of hydrogen-bond acceptors (Lipinski definition) is 2. The van der Waals surface area contributed by atoms with Crippen LogP contribution in [-0.2, 0) is 5.41 Å². The van der Waals surface area contributed by atoms with Gasteiger partial charge in [-0.2, -0.15) is 0 Å². The van der Waals surface area contributed by atoms with Crippen molar-refractivity contribution in [2.45, 2.75) is 26.2 Å². The molecule has 0 radical (unpaired) electrons. The number of H-pyrrole nitrogens is 2. The van der Waals surface area contributed by atoms with Crippen molar-refractivity contribution in [1.29, 1.82) is 0 Å². The molecule has 1 heterocycles. The van der Waals surface area contributed by atoms with Crippen molar-refractivity contribution in [2.24, 2.45) is 0 Å². The molecule has 0 saturated carbocycles. The van der Waals surface area contributed by atoms with Gasteiger partial charge in [-0.25, -0.2) is 0 Å². The van der Waals surface area contributed by atoms with Gasteiger partial charge in [-0.3, -0.25) is 19.8 Å². The van der Waals surface area contributed by atoms with Crippen LogP contribution in [0.25, 0.3) is 10.9 Å². The Labute approximate surface area is 133 Å². The molecule has 2 aromatic carbocycles. The largest absolute Gasteiger partial charge is 0.322 e. The van der Waals surface area contributed by atoms with Gasteiger partial charge in [0.2, 0.25) is 0 Å². The van der Waals surface area contributed by atoms with E-state index >= 15 is 0 Å². The highest BCUT2D eigenvalue weighted by Gasteiger charge is 2.14. The molecule has 0 aliphatic heterocycles. The van der Waals surface area contributed by atoms with Crippen molar-refractivity contribution in [1.82, 2.24) is 10.2 Å². The second-order valence-electron chi connectivity index (χ2n) is 6.62. The Morgan fingerprint density at radius 1 is 1.00 bits per heavy atom. The van der Waals surface area contributed by atoms with Crippen LogP contribution >= 0.6 is 0 Å². The van der Waals surface area contributed by atoms with Crippen LogP contribution in [-0.4, -0.2) is 16.1 Å². The summed E-state index contributed by atoms with van der Waals surface area (Å²) in [6.07, 6.45) is 0. The average Bonchev–Trinajstić information content (AvgIpc) is 2.88. The number of aromatic nitrogens is 2. The minimum atomic E-state index is -0.203. The van der Waals surface area contributed by atoms with Crippen molar-refractivity contribution >= 4 is 22.5 Å². The number of carbonyl (C=O) groups is 1. The van der Waals surface area contributed by atoms with E-state index in [0.717, 1.165) is 0 Å². The summed E-state index contributed by atoms with van der Waals surface area (Å²) < 4.78 is 0. The van der Waals surface area contributed by atoms with Gasteiger partial charge in [0.15, 0.2) is 0 Å². The lowest BCUT2D eigenvalue weighted by Gasteiger charge is -2.19. The molecule has 3 N–H and O–H groups in total. The Morgan fingerprint density at radius 3 is 2.35 bits per heavy atom. The third-order valence-corrected chi connectivity index (χ3v) is 3.85. The Bertz CT molecular complexity index is 912. The summed E-state index contributed by atoms with van der Waals surface area (Å²) in [5.41, 5.74) is 2.91. The monoisotopic (exact) mass is 309 g/mol. The van der Waals surface area contributed by atoms with Gasteiger partial charge in [0.05, 0.1) is 10.9 Å². The second kappa shape index (κ2) is 5.43. The Balaban J connectivity index is 1.82. The first-order chi connectivity index (χ1) is 10.8. The minimum Gasteiger partial charge on any atom is -0.322 e. The summed E-state index contributed by atoms with van der Waals surface area (Å²) in [5, 5.41) is 8.63. The summed E-state index contributed by atoms with van der Waals surface area (Å²) in [4.78, 5) is 23.9. The van der Waals surface area contributed by atoms with Crippen LogP contribution < -0.4 is 10.9 Å². The molecule has 3 rings (SSSR count). The molecule has 1 aromatic heterocycles. The van der Waals surface area contributed by atoms with Crippen molar-refractivity contribution in [3.63, 3.8) is 0 Å². The molecule has 0 spiro atoms. The zero-order valence-electron chi connectivity index (χ0n) is 13.4. The number of amides is 1. The van der Waals surface area contributed by atoms with E-state index in [0.29, 0.717) is 22.2 Å². The van der Waals surface area contributed by atoms with Gasteiger partial charge >= 0.3 is 0 Å². The fourth-order valence-corrected chi connectivity index (χ4v) is 2.44. The molecular formula is C18H19N3O2. The Hall–Kier alpha value is -2.82. The first-order valence-corrected chi connectivity index (χ1v) is 7.47.